The molecular formula is C20H28N6O2. The molecule has 2 aliphatic heterocycles. The van der Waals surface area contributed by atoms with E-state index in [-0.39, 0.29) is 5.91 Å². The van der Waals surface area contributed by atoms with Crippen molar-refractivity contribution < 1.29 is 9.21 Å². The third-order valence-corrected chi connectivity index (χ3v) is 5.70. The SMILES string of the molecule is CCC1CCCCN1C(=O)c1coc(CN2CCN(c3ncccn3)CC2)n1. The highest BCUT2D eigenvalue weighted by atomic mass is 16.3. The molecule has 2 saturated heterocycles. The number of anilines is 1. The van der Waals surface area contributed by atoms with Crippen molar-refractivity contribution in [1.29, 1.82) is 0 Å². The van der Waals surface area contributed by atoms with Crippen molar-refractivity contribution >= 4 is 11.9 Å². The van der Waals surface area contributed by atoms with Crippen molar-refractivity contribution in [2.45, 2.75) is 45.2 Å². The minimum absolute atomic E-state index is 0.00703. The van der Waals surface area contributed by atoms with Gasteiger partial charge in [0.2, 0.25) is 11.8 Å². The lowest BCUT2D eigenvalue weighted by Gasteiger charge is -2.34. The second-order valence-corrected chi connectivity index (χ2v) is 7.49. The van der Waals surface area contributed by atoms with Crippen LogP contribution < -0.4 is 4.90 Å². The van der Waals surface area contributed by atoms with Gasteiger partial charge in [0.05, 0.1) is 6.54 Å². The molecule has 2 fully saturated rings. The summed E-state index contributed by atoms with van der Waals surface area (Å²) in [6.45, 7) is 7.08. The molecule has 8 nitrogen and oxygen atoms in total. The van der Waals surface area contributed by atoms with Crippen molar-refractivity contribution in [1.82, 2.24) is 24.8 Å². The smallest absolute Gasteiger partial charge is 0.276 e. The van der Waals surface area contributed by atoms with Gasteiger partial charge < -0.3 is 14.2 Å². The largest absolute Gasteiger partial charge is 0.447 e. The zero-order valence-corrected chi connectivity index (χ0v) is 16.5. The molecule has 8 heteroatoms. The number of piperidine rings is 1. The number of amides is 1. The Morgan fingerprint density at radius 3 is 2.68 bits per heavy atom. The quantitative estimate of drug-likeness (QED) is 0.782. The zero-order valence-electron chi connectivity index (χ0n) is 16.5. The van der Waals surface area contributed by atoms with Crippen LogP contribution in [0.1, 0.15) is 49.0 Å². The van der Waals surface area contributed by atoms with Crippen LogP contribution in [0.3, 0.4) is 0 Å². The Balaban J connectivity index is 1.32. The highest BCUT2D eigenvalue weighted by Gasteiger charge is 2.28. The van der Waals surface area contributed by atoms with Crippen LogP contribution in [-0.2, 0) is 6.54 Å². The molecule has 0 radical (unpaired) electrons. The first-order chi connectivity index (χ1) is 13.7. The molecule has 1 unspecified atom stereocenters. The van der Waals surface area contributed by atoms with Crippen LogP contribution in [0.2, 0.25) is 0 Å². The summed E-state index contributed by atoms with van der Waals surface area (Å²) in [7, 11) is 0. The maximum atomic E-state index is 12.8. The lowest BCUT2D eigenvalue weighted by atomic mass is 10.00. The average Bonchev–Trinajstić information content (AvgIpc) is 3.23. The number of carbonyl (C=O) groups excluding carboxylic acids is 1. The number of oxazole rings is 1. The Labute approximate surface area is 165 Å². The molecule has 0 spiro atoms. The Hall–Kier alpha value is -2.48. The predicted octanol–water partition coefficient (Wildman–Crippen LogP) is 2.19. The Kier molecular flexibility index (Phi) is 5.85. The van der Waals surface area contributed by atoms with Crippen molar-refractivity contribution in [2.24, 2.45) is 0 Å². The van der Waals surface area contributed by atoms with E-state index < -0.39 is 0 Å². The number of carbonyl (C=O) groups is 1. The van der Waals surface area contributed by atoms with Crippen LogP contribution in [0, 0.1) is 0 Å². The van der Waals surface area contributed by atoms with Crippen molar-refractivity contribution in [2.75, 3.05) is 37.6 Å². The summed E-state index contributed by atoms with van der Waals surface area (Å²) < 4.78 is 5.62. The molecule has 0 saturated carbocycles. The summed E-state index contributed by atoms with van der Waals surface area (Å²) in [5.74, 6) is 1.39. The van der Waals surface area contributed by atoms with E-state index in [2.05, 4.69) is 31.7 Å². The number of nitrogens with zero attached hydrogens (tertiary/aromatic N) is 6. The Bertz CT molecular complexity index is 772. The fourth-order valence-corrected chi connectivity index (χ4v) is 4.07. The highest BCUT2D eigenvalue weighted by molar-refractivity contribution is 5.92. The second kappa shape index (κ2) is 8.68. The molecule has 2 aromatic rings. The fourth-order valence-electron chi connectivity index (χ4n) is 4.07. The topological polar surface area (TPSA) is 78.6 Å². The van der Waals surface area contributed by atoms with Crippen molar-refractivity contribution in [3.05, 3.63) is 36.3 Å². The van der Waals surface area contributed by atoms with Gasteiger partial charge in [-0.3, -0.25) is 9.69 Å². The lowest BCUT2D eigenvalue weighted by Crippen LogP contribution is -2.46. The maximum Gasteiger partial charge on any atom is 0.276 e. The first kappa shape index (κ1) is 18.9. The van der Waals surface area contributed by atoms with Crippen molar-refractivity contribution in [3.8, 4) is 0 Å². The molecule has 1 atom stereocenters. The fraction of sp³-hybridized carbons (Fsp3) is 0.600. The lowest BCUT2D eigenvalue weighted by molar-refractivity contribution is 0.0602. The molecule has 0 aromatic carbocycles. The van der Waals surface area contributed by atoms with Gasteiger partial charge in [0.15, 0.2) is 5.69 Å². The molecule has 0 aliphatic carbocycles. The minimum Gasteiger partial charge on any atom is -0.447 e. The van der Waals surface area contributed by atoms with Crippen LogP contribution in [0.15, 0.2) is 29.1 Å². The van der Waals surface area contributed by atoms with E-state index in [4.69, 9.17) is 4.42 Å². The summed E-state index contributed by atoms with van der Waals surface area (Å²) in [6, 6.07) is 2.16. The number of rotatable bonds is 5. The van der Waals surface area contributed by atoms with Gasteiger partial charge in [-0.1, -0.05) is 6.92 Å². The van der Waals surface area contributed by atoms with Gasteiger partial charge in [-0.15, -0.1) is 0 Å². The van der Waals surface area contributed by atoms with Gasteiger partial charge in [-0.05, 0) is 31.7 Å². The molecule has 4 rings (SSSR count). The average molecular weight is 384 g/mol. The first-order valence-corrected chi connectivity index (χ1v) is 10.2. The van der Waals surface area contributed by atoms with Crippen LogP contribution in [-0.4, -0.2) is 69.4 Å². The summed E-state index contributed by atoms with van der Waals surface area (Å²) in [4.78, 5) is 32.4. The second-order valence-electron chi connectivity index (χ2n) is 7.49. The molecule has 28 heavy (non-hydrogen) atoms. The standard InChI is InChI=1S/C20H28N6O2/c1-2-16-6-3-4-9-26(16)19(27)17-15-28-18(23-17)14-24-10-12-25(13-11-24)20-21-7-5-8-22-20/h5,7-8,15-16H,2-4,6,9-14H2,1H3. The third kappa shape index (κ3) is 4.16. The van der Waals surface area contributed by atoms with Crippen LogP contribution >= 0.6 is 0 Å². The van der Waals surface area contributed by atoms with E-state index in [0.29, 0.717) is 24.2 Å². The maximum absolute atomic E-state index is 12.8. The normalized spacial score (nSPS) is 21.1. The summed E-state index contributed by atoms with van der Waals surface area (Å²) in [6.07, 6.45) is 9.41. The van der Waals surface area contributed by atoms with Gasteiger partial charge >= 0.3 is 0 Å². The van der Waals surface area contributed by atoms with E-state index in [0.717, 1.165) is 57.9 Å². The van der Waals surface area contributed by atoms with E-state index in [1.807, 2.05) is 11.0 Å². The van der Waals surface area contributed by atoms with Gasteiger partial charge in [0.1, 0.15) is 6.26 Å². The van der Waals surface area contributed by atoms with Gasteiger partial charge in [0, 0.05) is 51.2 Å². The van der Waals surface area contributed by atoms with Crippen LogP contribution in [0.25, 0.3) is 0 Å². The van der Waals surface area contributed by atoms with Crippen molar-refractivity contribution in [3.63, 3.8) is 0 Å². The number of aromatic nitrogens is 3. The molecule has 4 heterocycles. The van der Waals surface area contributed by atoms with E-state index in [9.17, 15) is 4.79 Å². The summed E-state index contributed by atoms with van der Waals surface area (Å²) >= 11 is 0. The molecule has 1 amide bonds. The Morgan fingerprint density at radius 2 is 1.93 bits per heavy atom. The highest BCUT2D eigenvalue weighted by Crippen LogP contribution is 2.22. The van der Waals surface area contributed by atoms with Crippen LogP contribution in [0.4, 0.5) is 5.95 Å². The molecule has 150 valence electrons. The Morgan fingerprint density at radius 1 is 1.14 bits per heavy atom. The summed E-state index contributed by atoms with van der Waals surface area (Å²) in [5.41, 5.74) is 0.437. The van der Waals surface area contributed by atoms with Gasteiger partial charge in [-0.2, -0.15) is 0 Å². The van der Waals surface area contributed by atoms with Gasteiger partial charge in [0.25, 0.3) is 5.91 Å². The minimum atomic E-state index is 0.00703. The first-order valence-electron chi connectivity index (χ1n) is 10.2. The van der Waals surface area contributed by atoms with E-state index in [1.54, 1.807) is 12.4 Å². The third-order valence-electron chi connectivity index (χ3n) is 5.70. The zero-order chi connectivity index (χ0) is 19.3. The number of hydrogen-bond acceptors (Lipinski definition) is 7. The molecule has 0 bridgehead atoms. The number of hydrogen-bond donors (Lipinski definition) is 0. The predicted molar refractivity (Wildman–Crippen MR) is 105 cm³/mol. The molecular weight excluding hydrogens is 356 g/mol. The van der Waals surface area contributed by atoms with E-state index >= 15 is 0 Å². The number of piperazine rings is 1. The van der Waals surface area contributed by atoms with Crippen LogP contribution in [0.5, 0.6) is 0 Å². The van der Waals surface area contributed by atoms with E-state index in [1.165, 1.54) is 12.7 Å². The number of likely N-dealkylation sites (tertiary alicyclic amines) is 1. The molecule has 2 aliphatic rings. The monoisotopic (exact) mass is 384 g/mol. The molecule has 2 aromatic heterocycles. The summed E-state index contributed by atoms with van der Waals surface area (Å²) in [5, 5.41) is 0. The van der Waals surface area contributed by atoms with Gasteiger partial charge in [-0.25, -0.2) is 15.0 Å². The molecule has 0 N–H and O–H groups in total.